The van der Waals surface area contributed by atoms with Crippen molar-refractivity contribution < 1.29 is 33.6 Å². The number of rotatable bonds is 6. The molecule has 3 aliphatic rings. The van der Waals surface area contributed by atoms with Crippen molar-refractivity contribution in [2.75, 3.05) is 51.7 Å². The average molecular weight is 671 g/mol. The Bertz CT molecular complexity index is 1620. The molecule has 2 saturated heterocycles. The molecule has 0 atom stereocenters. The van der Waals surface area contributed by atoms with Gasteiger partial charge < -0.3 is 34.5 Å². The summed E-state index contributed by atoms with van der Waals surface area (Å²) < 4.78 is 29.4. The molecular formula is C33H42N4O7S2. The highest BCUT2D eigenvalue weighted by molar-refractivity contribution is 7.22. The zero-order chi connectivity index (χ0) is 32.0. The van der Waals surface area contributed by atoms with E-state index in [0.29, 0.717) is 53.5 Å². The number of amides is 1. The summed E-state index contributed by atoms with van der Waals surface area (Å²) in [6, 6.07) is 8.19. The third-order valence-electron chi connectivity index (χ3n) is 8.98. The number of nitrogens with one attached hydrogen (secondary N) is 1. The molecule has 7 rings (SSSR count). The number of ether oxygens (including phenoxy) is 5. The van der Waals surface area contributed by atoms with Gasteiger partial charge in [-0.3, -0.25) is 5.32 Å². The summed E-state index contributed by atoms with van der Waals surface area (Å²) in [4.78, 5) is 21.3. The summed E-state index contributed by atoms with van der Waals surface area (Å²) in [5.74, 6) is 2.47. The number of nitrogens with zero attached hydrogens (tertiary/aromatic N) is 2. The number of hydrogen-bond acceptors (Lipinski definition) is 12. The van der Waals surface area contributed by atoms with Crippen molar-refractivity contribution in [2.45, 2.75) is 75.4 Å². The van der Waals surface area contributed by atoms with E-state index >= 15 is 0 Å². The molecule has 2 aromatic heterocycles. The van der Waals surface area contributed by atoms with Crippen molar-refractivity contribution in [1.29, 1.82) is 0 Å². The molecule has 2 aliphatic heterocycles. The average Bonchev–Trinajstić information content (AvgIpc) is 3.69. The Labute approximate surface area is 276 Å². The summed E-state index contributed by atoms with van der Waals surface area (Å²) in [7, 11) is 3.29. The largest absolute Gasteiger partial charge is 0.494 e. The number of methoxy groups -OCH3 is 2. The lowest BCUT2D eigenvalue weighted by Crippen LogP contribution is -2.28. The third-order valence-corrected chi connectivity index (χ3v) is 10.9. The Morgan fingerprint density at radius 1 is 0.804 bits per heavy atom. The molecule has 0 unspecified atom stereocenters. The number of fused-ring (bicyclic) bond motifs is 2. The Kier molecular flexibility index (Phi) is 10.7. The minimum Gasteiger partial charge on any atom is -0.494 e. The number of nitrogen functional groups attached to an aromatic ring is 1. The van der Waals surface area contributed by atoms with Crippen LogP contribution >= 0.6 is 22.7 Å². The van der Waals surface area contributed by atoms with Crippen LogP contribution in [0, 0.1) is 0 Å². The van der Waals surface area contributed by atoms with Crippen LogP contribution in [0.5, 0.6) is 11.5 Å². The van der Waals surface area contributed by atoms with Gasteiger partial charge in [-0.15, -0.1) is 0 Å². The first-order chi connectivity index (χ1) is 22.4. The fourth-order valence-corrected chi connectivity index (χ4v) is 8.50. The molecule has 13 heteroatoms. The van der Waals surface area contributed by atoms with E-state index < -0.39 is 6.09 Å². The maximum Gasteiger partial charge on any atom is 0.413 e. The number of benzene rings is 2. The second-order valence-electron chi connectivity index (χ2n) is 11.9. The Morgan fingerprint density at radius 2 is 1.33 bits per heavy atom. The summed E-state index contributed by atoms with van der Waals surface area (Å²) in [5.41, 5.74) is 10.1. The highest BCUT2D eigenvalue weighted by atomic mass is 32.1. The van der Waals surface area contributed by atoms with Crippen LogP contribution in [0.1, 0.15) is 74.3 Å². The van der Waals surface area contributed by atoms with Gasteiger partial charge in [0.05, 0.1) is 29.7 Å². The standard InChI is InChI=1S/C20H26N2O5S.C13H16N2O2S/c1-25-16-7-6-15(12-8-10-26-11-9-12)18-17(16)21-19(28-18)22-20(24)27-14-4-2-13(23)3-5-14;1-16-10-3-2-9(8-4-6-17-7-5-8)12-11(10)15-13(14)18-12/h6-7,12-14,23H,2-5,8-11H2,1H3,(H,21,22,24);2-3,8H,4-7H2,1H3,(H2,14,15). The molecule has 46 heavy (non-hydrogen) atoms. The molecular weight excluding hydrogens is 629 g/mol. The molecule has 1 aliphatic carbocycles. The number of aliphatic hydroxyl groups is 1. The van der Waals surface area contributed by atoms with Crippen LogP contribution in [0.4, 0.5) is 15.1 Å². The van der Waals surface area contributed by atoms with Gasteiger partial charge in [-0.05, 0) is 86.5 Å². The number of nitrogens with two attached hydrogens (primary N) is 1. The van der Waals surface area contributed by atoms with E-state index in [1.54, 1.807) is 25.6 Å². The minimum absolute atomic E-state index is 0.148. The molecule has 3 fully saturated rings. The fraction of sp³-hybridized carbons (Fsp3) is 0.545. The van der Waals surface area contributed by atoms with Crippen LogP contribution in [0.2, 0.25) is 0 Å². The lowest BCUT2D eigenvalue weighted by atomic mass is 9.91. The minimum atomic E-state index is -0.493. The van der Waals surface area contributed by atoms with Gasteiger partial charge in [0.2, 0.25) is 0 Å². The van der Waals surface area contributed by atoms with Gasteiger partial charge in [0, 0.05) is 26.4 Å². The quantitative estimate of drug-likeness (QED) is 0.199. The molecule has 11 nitrogen and oxygen atoms in total. The van der Waals surface area contributed by atoms with Gasteiger partial charge in [0.25, 0.3) is 0 Å². The van der Waals surface area contributed by atoms with E-state index in [-0.39, 0.29) is 12.2 Å². The maximum atomic E-state index is 12.3. The normalized spacial score (nSPS) is 21.0. The molecule has 0 bridgehead atoms. The zero-order valence-corrected chi connectivity index (χ0v) is 27.9. The topological polar surface area (TPSA) is 147 Å². The van der Waals surface area contributed by atoms with Crippen molar-refractivity contribution in [1.82, 2.24) is 9.97 Å². The molecule has 248 valence electrons. The first-order valence-electron chi connectivity index (χ1n) is 15.9. The fourth-order valence-electron chi connectivity index (χ4n) is 6.50. The first-order valence-corrected chi connectivity index (χ1v) is 17.6. The third kappa shape index (κ3) is 7.49. The van der Waals surface area contributed by atoms with Gasteiger partial charge in [-0.2, -0.15) is 0 Å². The number of thiazole rings is 2. The second kappa shape index (κ2) is 15.1. The van der Waals surface area contributed by atoms with Gasteiger partial charge >= 0.3 is 6.09 Å². The van der Waals surface area contributed by atoms with Crippen LogP contribution in [-0.4, -0.2) is 74.0 Å². The summed E-state index contributed by atoms with van der Waals surface area (Å²) in [6.45, 7) is 3.22. The second-order valence-corrected chi connectivity index (χ2v) is 13.9. The number of hydrogen-bond donors (Lipinski definition) is 3. The number of aromatic nitrogens is 2. The summed E-state index contributed by atoms with van der Waals surface area (Å²) in [6.07, 6.45) is 5.91. The smallest absolute Gasteiger partial charge is 0.413 e. The van der Waals surface area contributed by atoms with E-state index in [2.05, 4.69) is 27.4 Å². The van der Waals surface area contributed by atoms with Crippen molar-refractivity contribution >= 4 is 59.5 Å². The van der Waals surface area contributed by atoms with Crippen LogP contribution in [-0.2, 0) is 14.2 Å². The van der Waals surface area contributed by atoms with Crippen molar-refractivity contribution in [2.24, 2.45) is 0 Å². The van der Waals surface area contributed by atoms with Gasteiger partial charge in [-0.1, -0.05) is 34.8 Å². The molecule has 4 aromatic rings. The summed E-state index contributed by atoms with van der Waals surface area (Å²) >= 11 is 3.00. The van der Waals surface area contributed by atoms with E-state index in [4.69, 9.17) is 29.4 Å². The van der Waals surface area contributed by atoms with Gasteiger partial charge in [-0.25, -0.2) is 14.8 Å². The van der Waals surface area contributed by atoms with Crippen LogP contribution in [0.3, 0.4) is 0 Å². The molecule has 1 saturated carbocycles. The summed E-state index contributed by atoms with van der Waals surface area (Å²) in [5, 5.41) is 13.5. The highest BCUT2D eigenvalue weighted by Crippen LogP contribution is 2.41. The number of carbonyl (C=O) groups excluding carboxylic acids is 1. The number of carbonyl (C=O) groups is 1. The van der Waals surface area contributed by atoms with E-state index in [0.717, 1.165) is 73.6 Å². The van der Waals surface area contributed by atoms with Crippen LogP contribution in [0.25, 0.3) is 20.4 Å². The zero-order valence-electron chi connectivity index (χ0n) is 26.3. The Balaban J connectivity index is 0.000000178. The van der Waals surface area contributed by atoms with Crippen molar-refractivity contribution in [3.8, 4) is 11.5 Å². The molecule has 4 N–H and O–H groups in total. The first kappa shape index (κ1) is 32.7. The molecule has 4 heterocycles. The van der Waals surface area contributed by atoms with Crippen LogP contribution < -0.4 is 20.5 Å². The SMILES string of the molecule is COc1ccc(C2CCOCC2)c2sc(N)nc12.COc1ccc(C2CCOCC2)c2sc(NC(=O)OC3CCC(O)CC3)nc12. The monoisotopic (exact) mass is 670 g/mol. The Morgan fingerprint density at radius 3 is 1.87 bits per heavy atom. The van der Waals surface area contributed by atoms with Crippen molar-refractivity contribution in [3.05, 3.63) is 35.4 Å². The van der Waals surface area contributed by atoms with Gasteiger partial charge in [0.1, 0.15) is 28.6 Å². The molecule has 0 radical (unpaired) electrons. The maximum absolute atomic E-state index is 12.3. The van der Waals surface area contributed by atoms with E-state index in [1.807, 2.05) is 12.1 Å². The molecule has 2 aromatic carbocycles. The number of aliphatic hydroxyl groups excluding tert-OH is 1. The lowest BCUT2D eigenvalue weighted by molar-refractivity contribution is 0.0401. The van der Waals surface area contributed by atoms with E-state index in [9.17, 15) is 9.90 Å². The predicted molar refractivity (Wildman–Crippen MR) is 181 cm³/mol. The molecule has 0 spiro atoms. The lowest BCUT2D eigenvalue weighted by Gasteiger charge is -2.24. The van der Waals surface area contributed by atoms with Crippen LogP contribution in [0.15, 0.2) is 24.3 Å². The van der Waals surface area contributed by atoms with Gasteiger partial charge in [0.15, 0.2) is 10.3 Å². The highest BCUT2D eigenvalue weighted by Gasteiger charge is 2.25. The Hall–Kier alpha value is -3.23. The van der Waals surface area contributed by atoms with E-state index in [1.165, 1.54) is 27.2 Å². The predicted octanol–water partition coefficient (Wildman–Crippen LogP) is 6.83. The number of anilines is 2. The molecule has 1 amide bonds. The van der Waals surface area contributed by atoms with Crippen molar-refractivity contribution in [3.63, 3.8) is 0 Å².